The van der Waals surface area contributed by atoms with Crippen LogP contribution in [-0.4, -0.2) is 42.3 Å². The minimum absolute atomic E-state index is 0.186. The number of carbonyl (C=O) groups is 3. The average Bonchev–Trinajstić information content (AvgIpc) is 2.66. The Labute approximate surface area is 155 Å². The molecule has 0 bridgehead atoms. The maximum Gasteiger partial charge on any atom is 0.341 e. The number of aliphatic carboxylic acids is 1. The van der Waals surface area contributed by atoms with E-state index in [0.717, 1.165) is 5.56 Å². The number of para-hydroxylation sites is 1. The summed E-state index contributed by atoms with van der Waals surface area (Å²) in [4.78, 5) is 34.1. The van der Waals surface area contributed by atoms with E-state index in [0.29, 0.717) is 11.3 Å². The summed E-state index contributed by atoms with van der Waals surface area (Å²) in [5.41, 5.74) is 3.65. The smallest absolute Gasteiger partial charge is 0.341 e. The van der Waals surface area contributed by atoms with Crippen LogP contribution in [0.3, 0.4) is 0 Å². The molecule has 0 unspecified atom stereocenters. The standard InChI is InChI=1S/C19H19N3O5/c23-17(10-14-6-2-1-3-7-14)20-12-18(24)22-21-11-15-8-4-5-9-16(15)27-13-19(25)26/h1-9,11H,10,12-13H2,(H,20,23)(H,22,24)(H,25,26)/b21-11-. The van der Waals surface area contributed by atoms with E-state index >= 15 is 0 Å². The Kier molecular flexibility index (Phi) is 7.52. The van der Waals surface area contributed by atoms with Gasteiger partial charge in [0.05, 0.1) is 19.2 Å². The minimum atomic E-state index is -1.10. The first-order valence-electron chi connectivity index (χ1n) is 8.11. The van der Waals surface area contributed by atoms with Gasteiger partial charge < -0.3 is 15.2 Å². The van der Waals surface area contributed by atoms with E-state index in [9.17, 15) is 14.4 Å². The van der Waals surface area contributed by atoms with Crippen LogP contribution in [0.4, 0.5) is 0 Å². The molecule has 0 spiro atoms. The van der Waals surface area contributed by atoms with Gasteiger partial charge in [-0.1, -0.05) is 42.5 Å². The number of rotatable bonds is 9. The fourth-order valence-electron chi connectivity index (χ4n) is 2.09. The Hall–Kier alpha value is -3.68. The molecule has 8 heteroatoms. The Balaban J connectivity index is 1.78. The summed E-state index contributed by atoms with van der Waals surface area (Å²) in [6.45, 7) is -0.690. The Morgan fingerprint density at radius 1 is 1.00 bits per heavy atom. The number of amides is 2. The summed E-state index contributed by atoms with van der Waals surface area (Å²) >= 11 is 0. The van der Waals surface area contributed by atoms with Gasteiger partial charge in [0.2, 0.25) is 5.91 Å². The lowest BCUT2D eigenvalue weighted by Gasteiger charge is -2.06. The number of hydrogen-bond donors (Lipinski definition) is 3. The highest BCUT2D eigenvalue weighted by molar-refractivity contribution is 5.88. The second kappa shape index (κ2) is 10.3. The molecule has 0 saturated carbocycles. The Morgan fingerprint density at radius 3 is 2.44 bits per heavy atom. The molecule has 0 atom stereocenters. The lowest BCUT2D eigenvalue weighted by molar-refractivity contribution is -0.139. The summed E-state index contributed by atoms with van der Waals surface area (Å²) in [5.74, 6) is -1.53. The van der Waals surface area contributed by atoms with E-state index in [2.05, 4.69) is 15.8 Å². The normalized spacial score (nSPS) is 10.4. The van der Waals surface area contributed by atoms with Crippen molar-refractivity contribution in [3.63, 3.8) is 0 Å². The van der Waals surface area contributed by atoms with Crippen LogP contribution in [0.25, 0.3) is 0 Å². The predicted octanol–water partition coefficient (Wildman–Crippen LogP) is 0.959. The van der Waals surface area contributed by atoms with E-state index in [-0.39, 0.29) is 18.9 Å². The fraction of sp³-hybridized carbons (Fsp3) is 0.158. The van der Waals surface area contributed by atoms with Crippen molar-refractivity contribution < 1.29 is 24.2 Å². The first-order valence-corrected chi connectivity index (χ1v) is 8.11. The van der Waals surface area contributed by atoms with Crippen LogP contribution >= 0.6 is 0 Å². The molecule has 0 saturated heterocycles. The third-order valence-electron chi connectivity index (χ3n) is 3.32. The molecule has 0 aliphatic carbocycles. The number of benzene rings is 2. The summed E-state index contributed by atoms with van der Waals surface area (Å²) in [7, 11) is 0. The summed E-state index contributed by atoms with van der Waals surface area (Å²) in [5, 5.41) is 15.0. The Morgan fingerprint density at radius 2 is 1.70 bits per heavy atom. The summed E-state index contributed by atoms with van der Waals surface area (Å²) in [6.07, 6.45) is 1.52. The van der Waals surface area contributed by atoms with Crippen molar-refractivity contribution in [3.8, 4) is 5.75 Å². The zero-order chi connectivity index (χ0) is 19.5. The molecule has 2 aromatic rings. The first kappa shape index (κ1) is 19.6. The van der Waals surface area contributed by atoms with Gasteiger partial charge in [-0.2, -0.15) is 5.10 Å². The molecule has 0 aliphatic rings. The van der Waals surface area contributed by atoms with Crippen LogP contribution < -0.4 is 15.5 Å². The largest absolute Gasteiger partial charge is 0.481 e. The first-order chi connectivity index (χ1) is 13.0. The quantitative estimate of drug-likeness (QED) is 0.450. The van der Waals surface area contributed by atoms with Crippen LogP contribution in [0.2, 0.25) is 0 Å². The molecule has 0 aliphatic heterocycles. The molecule has 2 aromatic carbocycles. The van der Waals surface area contributed by atoms with E-state index in [1.54, 1.807) is 24.3 Å². The highest BCUT2D eigenvalue weighted by Crippen LogP contribution is 2.15. The maximum absolute atomic E-state index is 11.8. The van der Waals surface area contributed by atoms with E-state index in [1.165, 1.54) is 6.21 Å². The van der Waals surface area contributed by atoms with E-state index in [4.69, 9.17) is 9.84 Å². The molecule has 0 fully saturated rings. The van der Waals surface area contributed by atoms with Crippen LogP contribution in [0, 0.1) is 0 Å². The van der Waals surface area contributed by atoms with Gasteiger partial charge >= 0.3 is 5.97 Å². The zero-order valence-corrected chi connectivity index (χ0v) is 14.4. The zero-order valence-electron chi connectivity index (χ0n) is 14.4. The number of ether oxygens (including phenoxy) is 1. The van der Waals surface area contributed by atoms with Crippen molar-refractivity contribution in [1.82, 2.24) is 10.7 Å². The van der Waals surface area contributed by atoms with Crippen molar-refractivity contribution in [3.05, 3.63) is 65.7 Å². The highest BCUT2D eigenvalue weighted by Gasteiger charge is 2.06. The number of carbonyl (C=O) groups excluding carboxylic acids is 2. The average molecular weight is 369 g/mol. The number of hydrogen-bond acceptors (Lipinski definition) is 5. The van der Waals surface area contributed by atoms with Crippen LogP contribution in [0.5, 0.6) is 5.75 Å². The summed E-state index contributed by atoms with van der Waals surface area (Å²) in [6, 6.07) is 15.9. The number of hydrazone groups is 1. The number of carboxylic acids is 1. The highest BCUT2D eigenvalue weighted by atomic mass is 16.5. The molecular weight excluding hydrogens is 350 g/mol. The van der Waals surface area contributed by atoms with Gasteiger partial charge in [0.25, 0.3) is 5.91 Å². The van der Waals surface area contributed by atoms with Crippen molar-refractivity contribution in [1.29, 1.82) is 0 Å². The lowest BCUT2D eigenvalue weighted by Crippen LogP contribution is -2.35. The van der Waals surface area contributed by atoms with Crippen molar-refractivity contribution in [2.75, 3.05) is 13.2 Å². The number of nitrogens with one attached hydrogen (secondary N) is 2. The second-order valence-electron chi connectivity index (χ2n) is 5.45. The van der Waals surface area contributed by atoms with Crippen LogP contribution in [0.1, 0.15) is 11.1 Å². The van der Waals surface area contributed by atoms with Gasteiger partial charge in [-0.25, -0.2) is 10.2 Å². The van der Waals surface area contributed by atoms with Gasteiger partial charge in [-0.05, 0) is 17.7 Å². The fourth-order valence-corrected chi connectivity index (χ4v) is 2.09. The molecule has 140 valence electrons. The van der Waals surface area contributed by atoms with Gasteiger partial charge in [0.1, 0.15) is 5.75 Å². The molecule has 0 aromatic heterocycles. The molecule has 0 radical (unpaired) electrons. The second-order valence-corrected chi connectivity index (χ2v) is 5.45. The lowest BCUT2D eigenvalue weighted by atomic mass is 10.1. The van der Waals surface area contributed by atoms with Crippen molar-refractivity contribution in [2.45, 2.75) is 6.42 Å². The van der Waals surface area contributed by atoms with Crippen molar-refractivity contribution in [2.24, 2.45) is 5.10 Å². The number of nitrogens with zero attached hydrogens (tertiary/aromatic N) is 1. The molecular formula is C19H19N3O5. The van der Waals surface area contributed by atoms with Gasteiger partial charge in [-0.3, -0.25) is 9.59 Å². The Bertz CT molecular complexity index is 821. The maximum atomic E-state index is 11.8. The molecule has 8 nitrogen and oxygen atoms in total. The van der Waals surface area contributed by atoms with Crippen LogP contribution in [-0.2, 0) is 20.8 Å². The number of carboxylic acid groups (broad SMARTS) is 1. The van der Waals surface area contributed by atoms with E-state index in [1.807, 2.05) is 30.3 Å². The van der Waals surface area contributed by atoms with Gasteiger partial charge in [-0.15, -0.1) is 0 Å². The van der Waals surface area contributed by atoms with Crippen LogP contribution in [0.15, 0.2) is 59.7 Å². The molecule has 2 rings (SSSR count). The molecule has 0 heterocycles. The predicted molar refractivity (Wildman–Crippen MR) is 98.5 cm³/mol. The molecule has 27 heavy (non-hydrogen) atoms. The topological polar surface area (TPSA) is 117 Å². The summed E-state index contributed by atoms with van der Waals surface area (Å²) < 4.78 is 5.13. The minimum Gasteiger partial charge on any atom is -0.481 e. The van der Waals surface area contributed by atoms with Gasteiger partial charge in [0.15, 0.2) is 6.61 Å². The monoisotopic (exact) mass is 369 g/mol. The molecule has 3 N–H and O–H groups in total. The molecule has 2 amide bonds. The van der Waals surface area contributed by atoms with Gasteiger partial charge in [0, 0.05) is 5.56 Å². The SMILES string of the molecule is O=C(O)COc1ccccc1/C=N\NC(=O)CNC(=O)Cc1ccccc1. The van der Waals surface area contributed by atoms with E-state index < -0.39 is 18.5 Å². The van der Waals surface area contributed by atoms with Crippen molar-refractivity contribution >= 4 is 24.0 Å². The third-order valence-corrected chi connectivity index (χ3v) is 3.32. The third kappa shape index (κ3) is 7.39.